The van der Waals surface area contributed by atoms with Crippen LogP contribution < -0.4 is 0 Å². The maximum Gasteiger partial charge on any atom is 0.308 e. The molecule has 17 heavy (non-hydrogen) atoms. The van der Waals surface area contributed by atoms with Gasteiger partial charge in [-0.3, -0.25) is 14.6 Å². The highest BCUT2D eigenvalue weighted by Crippen LogP contribution is 2.18. The number of likely N-dealkylation sites (tertiary alicyclic amines) is 1. The first-order chi connectivity index (χ1) is 8.08. The van der Waals surface area contributed by atoms with Crippen molar-refractivity contribution in [3.05, 3.63) is 29.6 Å². The molecule has 1 atom stereocenters. The lowest BCUT2D eigenvalue weighted by atomic mass is 10.1. The molecule has 1 saturated heterocycles. The Bertz CT molecular complexity index is 442. The molecule has 2 rings (SSSR count). The maximum absolute atomic E-state index is 12.0. The van der Waals surface area contributed by atoms with Crippen molar-refractivity contribution < 1.29 is 14.7 Å². The third kappa shape index (κ3) is 2.43. The fraction of sp³-hybridized carbons (Fsp3) is 0.417. The summed E-state index contributed by atoms with van der Waals surface area (Å²) in [5, 5.41) is 8.87. The Balaban J connectivity index is 2.07. The smallest absolute Gasteiger partial charge is 0.308 e. The molecule has 0 aromatic carbocycles. The summed E-state index contributed by atoms with van der Waals surface area (Å²) in [5.41, 5.74) is 1.37. The summed E-state index contributed by atoms with van der Waals surface area (Å²) in [7, 11) is 0. The molecule has 1 aliphatic rings. The second-order valence-electron chi connectivity index (χ2n) is 4.26. The minimum atomic E-state index is -0.831. The highest BCUT2D eigenvalue weighted by Gasteiger charge is 2.31. The zero-order chi connectivity index (χ0) is 12.4. The van der Waals surface area contributed by atoms with E-state index in [0.717, 1.165) is 5.69 Å². The van der Waals surface area contributed by atoms with Crippen LogP contribution in [0.25, 0.3) is 0 Å². The summed E-state index contributed by atoms with van der Waals surface area (Å²) < 4.78 is 0. The van der Waals surface area contributed by atoms with E-state index in [2.05, 4.69) is 4.98 Å². The molecule has 0 aliphatic carbocycles. The fourth-order valence-electron chi connectivity index (χ4n) is 1.92. The summed E-state index contributed by atoms with van der Waals surface area (Å²) in [6, 6.07) is 3.50. The Hall–Kier alpha value is -1.91. The van der Waals surface area contributed by atoms with Gasteiger partial charge in [-0.1, -0.05) is 0 Å². The molecule has 1 amide bonds. The number of hydrogen-bond donors (Lipinski definition) is 1. The topological polar surface area (TPSA) is 70.5 Å². The lowest BCUT2D eigenvalue weighted by molar-refractivity contribution is -0.141. The molecule has 1 aromatic heterocycles. The Morgan fingerprint density at radius 1 is 1.47 bits per heavy atom. The van der Waals surface area contributed by atoms with Crippen LogP contribution in [-0.2, 0) is 4.79 Å². The largest absolute Gasteiger partial charge is 0.481 e. The van der Waals surface area contributed by atoms with Gasteiger partial charge in [-0.25, -0.2) is 0 Å². The van der Waals surface area contributed by atoms with Gasteiger partial charge >= 0.3 is 5.97 Å². The Labute approximate surface area is 99.1 Å². The number of carbonyl (C=O) groups excluding carboxylic acids is 1. The van der Waals surface area contributed by atoms with Gasteiger partial charge in [0.1, 0.15) is 0 Å². The van der Waals surface area contributed by atoms with Crippen LogP contribution in [0, 0.1) is 12.8 Å². The van der Waals surface area contributed by atoms with E-state index in [1.165, 1.54) is 6.20 Å². The molecule has 5 heteroatoms. The van der Waals surface area contributed by atoms with E-state index in [4.69, 9.17) is 5.11 Å². The van der Waals surface area contributed by atoms with Gasteiger partial charge in [-0.05, 0) is 25.5 Å². The van der Waals surface area contributed by atoms with Crippen molar-refractivity contribution in [3.63, 3.8) is 0 Å². The number of aromatic nitrogens is 1. The monoisotopic (exact) mass is 234 g/mol. The van der Waals surface area contributed by atoms with E-state index < -0.39 is 11.9 Å². The van der Waals surface area contributed by atoms with Gasteiger partial charge in [-0.15, -0.1) is 0 Å². The predicted molar refractivity (Wildman–Crippen MR) is 60.6 cm³/mol. The second-order valence-corrected chi connectivity index (χ2v) is 4.26. The van der Waals surface area contributed by atoms with Gasteiger partial charge in [0.15, 0.2) is 0 Å². The van der Waals surface area contributed by atoms with Crippen LogP contribution in [0.3, 0.4) is 0 Å². The van der Waals surface area contributed by atoms with E-state index >= 15 is 0 Å². The number of hydrogen-bond acceptors (Lipinski definition) is 3. The van der Waals surface area contributed by atoms with Crippen LogP contribution in [0.2, 0.25) is 0 Å². The van der Waals surface area contributed by atoms with Crippen molar-refractivity contribution in [2.75, 3.05) is 13.1 Å². The fourth-order valence-corrected chi connectivity index (χ4v) is 1.92. The Kier molecular flexibility index (Phi) is 3.08. The number of carbonyl (C=O) groups is 2. The van der Waals surface area contributed by atoms with Crippen molar-refractivity contribution >= 4 is 11.9 Å². The van der Waals surface area contributed by atoms with Crippen LogP contribution in [0.5, 0.6) is 0 Å². The number of amides is 1. The van der Waals surface area contributed by atoms with Gasteiger partial charge in [0.2, 0.25) is 0 Å². The molecular formula is C12H14N2O3. The minimum absolute atomic E-state index is 0.138. The van der Waals surface area contributed by atoms with E-state index in [1.54, 1.807) is 17.0 Å². The van der Waals surface area contributed by atoms with Crippen LogP contribution in [0.4, 0.5) is 0 Å². The molecule has 90 valence electrons. The van der Waals surface area contributed by atoms with Crippen LogP contribution >= 0.6 is 0 Å². The second kappa shape index (κ2) is 4.53. The van der Waals surface area contributed by atoms with Gasteiger partial charge < -0.3 is 10.0 Å². The zero-order valence-corrected chi connectivity index (χ0v) is 9.59. The third-order valence-corrected chi connectivity index (χ3v) is 2.98. The SMILES string of the molecule is Cc1ccc(C(=O)N2CC[C@@H](C(=O)O)C2)cn1. The van der Waals surface area contributed by atoms with E-state index in [1.807, 2.05) is 6.92 Å². The van der Waals surface area contributed by atoms with E-state index in [-0.39, 0.29) is 5.91 Å². The normalized spacial score (nSPS) is 19.4. The number of carboxylic acid groups (broad SMARTS) is 1. The number of nitrogens with zero attached hydrogens (tertiary/aromatic N) is 2. The van der Waals surface area contributed by atoms with Crippen molar-refractivity contribution in [3.8, 4) is 0 Å². The summed E-state index contributed by atoms with van der Waals surface area (Å²) in [6.07, 6.45) is 2.06. The summed E-state index contributed by atoms with van der Waals surface area (Å²) in [5.74, 6) is -1.40. The predicted octanol–water partition coefficient (Wildman–Crippen LogP) is 0.937. The van der Waals surface area contributed by atoms with Gasteiger partial charge in [0.05, 0.1) is 11.5 Å². The summed E-state index contributed by atoms with van der Waals surface area (Å²) >= 11 is 0. The molecule has 5 nitrogen and oxygen atoms in total. The van der Waals surface area contributed by atoms with Crippen molar-refractivity contribution in [2.45, 2.75) is 13.3 Å². The average molecular weight is 234 g/mol. The highest BCUT2D eigenvalue weighted by atomic mass is 16.4. The number of aliphatic carboxylic acids is 1. The first-order valence-electron chi connectivity index (χ1n) is 5.52. The van der Waals surface area contributed by atoms with Crippen molar-refractivity contribution in [1.29, 1.82) is 0 Å². The molecular weight excluding hydrogens is 220 g/mol. The molecule has 2 heterocycles. The molecule has 1 fully saturated rings. The quantitative estimate of drug-likeness (QED) is 0.826. The minimum Gasteiger partial charge on any atom is -0.481 e. The van der Waals surface area contributed by atoms with Gasteiger partial charge in [0, 0.05) is 25.0 Å². The lowest BCUT2D eigenvalue weighted by Gasteiger charge is -2.15. The molecule has 0 unspecified atom stereocenters. The number of rotatable bonds is 2. The summed E-state index contributed by atoms with van der Waals surface area (Å²) in [4.78, 5) is 28.5. The summed E-state index contributed by atoms with van der Waals surface area (Å²) in [6.45, 7) is 2.65. The van der Waals surface area contributed by atoms with Crippen LogP contribution in [0.1, 0.15) is 22.5 Å². The molecule has 0 spiro atoms. The molecule has 0 bridgehead atoms. The number of aryl methyl sites for hydroxylation is 1. The zero-order valence-electron chi connectivity index (χ0n) is 9.59. The molecule has 1 N–H and O–H groups in total. The van der Waals surface area contributed by atoms with E-state index in [0.29, 0.717) is 25.1 Å². The standard InChI is InChI=1S/C12H14N2O3/c1-8-2-3-9(6-13-8)11(15)14-5-4-10(7-14)12(16)17/h2-3,6,10H,4-5,7H2,1H3,(H,16,17)/t10-/m1/s1. The van der Waals surface area contributed by atoms with Gasteiger partial charge in [-0.2, -0.15) is 0 Å². The first-order valence-corrected chi connectivity index (χ1v) is 5.52. The van der Waals surface area contributed by atoms with Gasteiger partial charge in [0.25, 0.3) is 5.91 Å². The maximum atomic E-state index is 12.0. The first kappa shape index (κ1) is 11.6. The third-order valence-electron chi connectivity index (χ3n) is 2.98. The average Bonchev–Trinajstić information content (AvgIpc) is 2.78. The van der Waals surface area contributed by atoms with Crippen LogP contribution in [0.15, 0.2) is 18.3 Å². The van der Waals surface area contributed by atoms with Crippen molar-refractivity contribution in [1.82, 2.24) is 9.88 Å². The number of carboxylic acids is 1. The molecule has 1 aliphatic heterocycles. The highest BCUT2D eigenvalue weighted by molar-refractivity contribution is 5.94. The van der Waals surface area contributed by atoms with Crippen molar-refractivity contribution in [2.24, 2.45) is 5.92 Å². The number of pyridine rings is 1. The van der Waals surface area contributed by atoms with Crippen LogP contribution in [-0.4, -0.2) is 40.0 Å². The lowest BCUT2D eigenvalue weighted by Crippen LogP contribution is -2.30. The molecule has 0 radical (unpaired) electrons. The molecule has 0 saturated carbocycles. The Morgan fingerprint density at radius 2 is 2.24 bits per heavy atom. The Morgan fingerprint density at radius 3 is 2.76 bits per heavy atom. The van der Waals surface area contributed by atoms with E-state index in [9.17, 15) is 9.59 Å². The molecule has 1 aromatic rings.